The van der Waals surface area contributed by atoms with E-state index in [2.05, 4.69) is 10.3 Å². The van der Waals surface area contributed by atoms with E-state index in [4.69, 9.17) is 23.7 Å². The second kappa shape index (κ2) is 13.0. The normalized spacial score (nSPS) is 48.9. The lowest BCUT2D eigenvalue weighted by molar-refractivity contribution is -0.375. The predicted octanol–water partition coefficient (Wildman–Crippen LogP) is -5.10. The number of amides is 1. The van der Waals surface area contributed by atoms with Crippen LogP contribution in [0.4, 0.5) is 4.53 Å². The van der Waals surface area contributed by atoms with Gasteiger partial charge >= 0.3 is 0 Å². The van der Waals surface area contributed by atoms with Gasteiger partial charge in [-0.1, -0.05) is 0 Å². The molecule has 16 nitrogen and oxygen atoms in total. The smallest absolute Gasteiger partial charge is 0.217 e. The van der Waals surface area contributed by atoms with Crippen LogP contribution in [0.5, 0.6) is 0 Å². The van der Waals surface area contributed by atoms with Gasteiger partial charge in [0.05, 0.1) is 18.8 Å². The van der Waals surface area contributed by atoms with Crippen molar-refractivity contribution in [1.82, 2.24) is 5.32 Å². The molecule has 222 valence electrons. The van der Waals surface area contributed by atoms with Gasteiger partial charge in [0.25, 0.3) is 0 Å². The van der Waals surface area contributed by atoms with E-state index in [1.807, 2.05) is 0 Å². The summed E-state index contributed by atoms with van der Waals surface area (Å²) >= 11 is 0. The number of halogens is 1. The molecule has 0 aromatic rings. The number of rotatable bonds is 8. The molecule has 1 amide bonds. The number of carbonyl (C=O) groups excluding carboxylic acids is 1. The highest BCUT2D eigenvalue weighted by atomic mass is 19.3. The lowest BCUT2D eigenvalue weighted by Gasteiger charge is -2.48. The van der Waals surface area contributed by atoms with E-state index in [-0.39, 0.29) is 0 Å². The van der Waals surface area contributed by atoms with Crippen molar-refractivity contribution in [3.8, 4) is 0 Å². The van der Waals surface area contributed by atoms with Crippen LogP contribution in [0.2, 0.25) is 0 Å². The Hall–Kier alpha value is -1.16. The summed E-state index contributed by atoms with van der Waals surface area (Å²) in [5.41, 5.74) is 0. The van der Waals surface area contributed by atoms with Crippen molar-refractivity contribution >= 4 is 5.91 Å². The van der Waals surface area contributed by atoms with Crippen LogP contribution < -0.4 is 5.32 Å². The topological polar surface area (TPSA) is 246 Å². The van der Waals surface area contributed by atoms with E-state index >= 15 is 0 Å². The molecule has 0 bridgehead atoms. The molecule has 3 aliphatic heterocycles. The van der Waals surface area contributed by atoms with Gasteiger partial charge in [0.1, 0.15) is 61.0 Å². The Kier molecular flexibility index (Phi) is 10.7. The maximum atomic E-state index is 13.1. The summed E-state index contributed by atoms with van der Waals surface area (Å²) < 4.78 is 40.9. The minimum Gasteiger partial charge on any atom is -0.394 e. The first-order chi connectivity index (χ1) is 17.8. The van der Waals surface area contributed by atoms with Crippen LogP contribution in [-0.4, -0.2) is 152 Å². The molecule has 16 atom stereocenters. The second-order valence-corrected chi connectivity index (χ2v) is 9.59. The van der Waals surface area contributed by atoms with E-state index in [0.29, 0.717) is 0 Å². The second-order valence-electron chi connectivity index (χ2n) is 9.59. The first-order valence-electron chi connectivity index (χ1n) is 12.0. The Morgan fingerprint density at radius 3 is 2.13 bits per heavy atom. The first-order valence-corrected chi connectivity index (χ1v) is 12.0. The van der Waals surface area contributed by atoms with Crippen molar-refractivity contribution < 1.29 is 78.8 Å². The highest BCUT2D eigenvalue weighted by molar-refractivity contribution is 5.73. The highest BCUT2D eigenvalue weighted by Gasteiger charge is 2.53. The lowest BCUT2D eigenvalue weighted by Crippen LogP contribution is -2.68. The summed E-state index contributed by atoms with van der Waals surface area (Å²) in [7, 11) is 0. The highest BCUT2D eigenvalue weighted by Crippen LogP contribution is 2.32. The molecular formula is C21H36FNO15. The number of nitrogens with one attached hydrogen (secondary N) is 1. The number of aliphatic hydroxyl groups is 8. The van der Waals surface area contributed by atoms with Crippen molar-refractivity contribution in [2.24, 2.45) is 0 Å². The fraction of sp³-hybridized carbons (Fsp3) is 0.952. The maximum Gasteiger partial charge on any atom is 0.217 e. The van der Waals surface area contributed by atoms with Crippen LogP contribution >= 0.6 is 0 Å². The molecule has 9 N–H and O–H groups in total. The zero-order chi connectivity index (χ0) is 28.5. The molecule has 0 aromatic heterocycles. The molecule has 1 unspecified atom stereocenters. The fourth-order valence-electron chi connectivity index (χ4n) is 4.66. The van der Waals surface area contributed by atoms with E-state index in [1.165, 1.54) is 13.8 Å². The summed E-state index contributed by atoms with van der Waals surface area (Å²) in [6.45, 7) is 3.04. The maximum absolute atomic E-state index is 13.1. The number of ether oxygens (including phenoxy) is 5. The zero-order valence-corrected chi connectivity index (χ0v) is 20.8. The van der Waals surface area contributed by atoms with Gasteiger partial charge in [0.2, 0.25) is 5.91 Å². The fourth-order valence-corrected chi connectivity index (χ4v) is 4.66. The average Bonchev–Trinajstić information content (AvgIpc) is 2.87. The van der Waals surface area contributed by atoms with E-state index in [0.717, 1.165) is 6.92 Å². The third-order valence-electron chi connectivity index (χ3n) is 6.84. The first kappa shape index (κ1) is 31.4. The largest absolute Gasteiger partial charge is 0.394 e. The van der Waals surface area contributed by atoms with Crippen molar-refractivity contribution in [2.75, 3.05) is 6.61 Å². The van der Waals surface area contributed by atoms with Crippen LogP contribution in [0, 0.1) is 0 Å². The molecule has 0 radical (unpaired) electrons. The summed E-state index contributed by atoms with van der Waals surface area (Å²) in [5, 5.41) is 83.5. The predicted molar refractivity (Wildman–Crippen MR) is 116 cm³/mol. The van der Waals surface area contributed by atoms with E-state index in [1.54, 1.807) is 0 Å². The van der Waals surface area contributed by atoms with Gasteiger partial charge in [-0.3, -0.25) is 4.79 Å². The number of aliphatic hydroxyl groups excluding tert-OH is 8. The summed E-state index contributed by atoms with van der Waals surface area (Å²) in [4.78, 5) is 15.4. The molecule has 38 heavy (non-hydrogen) atoms. The lowest BCUT2D eigenvalue weighted by atomic mass is 9.95. The van der Waals surface area contributed by atoms with Crippen LogP contribution in [0.15, 0.2) is 0 Å². The Bertz CT molecular complexity index is 783. The Labute approximate surface area is 216 Å². The van der Waals surface area contributed by atoms with Crippen molar-refractivity contribution in [1.29, 1.82) is 0 Å². The monoisotopic (exact) mass is 561 g/mol. The van der Waals surface area contributed by atoms with E-state index < -0.39 is 111 Å². The van der Waals surface area contributed by atoms with Gasteiger partial charge in [-0.2, -0.15) is 4.94 Å². The van der Waals surface area contributed by atoms with Gasteiger partial charge in [0, 0.05) is 6.92 Å². The third kappa shape index (κ3) is 6.42. The van der Waals surface area contributed by atoms with Crippen LogP contribution in [0.3, 0.4) is 0 Å². The van der Waals surface area contributed by atoms with Crippen molar-refractivity contribution in [3.05, 3.63) is 0 Å². The molecule has 3 fully saturated rings. The quantitative estimate of drug-likeness (QED) is 0.134. The molecule has 3 saturated heterocycles. The SMILES string of the molecule is CC(=O)N[C@H]1[C@H](O[C@@H]2[C@@H](O[C@@H](C)[C@H]3OC(O)[C@H](O)[C@@H](O)[C@@H]3O)O[C@H](C)[C@@H](O)[C@@H]2O)O[C@H](CO)[C@@H](OF)[C@@H]1O. The molecule has 3 heterocycles. The average molecular weight is 562 g/mol. The molecule has 0 aliphatic carbocycles. The summed E-state index contributed by atoms with van der Waals surface area (Å²) in [6.07, 6.45) is -23.7. The van der Waals surface area contributed by atoms with Crippen molar-refractivity contribution in [2.45, 2.75) is 119 Å². The zero-order valence-electron chi connectivity index (χ0n) is 20.8. The molecule has 0 aromatic carbocycles. The minimum atomic E-state index is -1.85. The standard InChI is InChI=1S/C21H36FNO15/c1-5-10(26)13(29)18(21(33-5)34-6(2)16-14(30)12(28)15(31)19(32)36-16)37-20-9(23-7(3)25)11(27)17(38-22)8(4-24)35-20/h5-6,8-21,24,26-32H,4H2,1-3H3,(H,23,25)/t5-,6+,8-,9-,10-,11-,12+,13+,14+,15-,16-,17-,18+,19?,20+,21-/m1/s1. The van der Waals surface area contributed by atoms with E-state index in [9.17, 15) is 50.2 Å². The molecule has 0 saturated carbocycles. The van der Waals surface area contributed by atoms with Crippen LogP contribution in [0.1, 0.15) is 20.8 Å². The number of hydrogen-bond donors (Lipinski definition) is 9. The van der Waals surface area contributed by atoms with Gasteiger partial charge < -0.3 is 69.9 Å². The Balaban J connectivity index is 1.84. The summed E-state index contributed by atoms with van der Waals surface area (Å²) in [6, 6.07) is -1.48. The third-order valence-corrected chi connectivity index (χ3v) is 6.84. The number of hydrogen-bond acceptors (Lipinski definition) is 15. The Morgan fingerprint density at radius 2 is 1.55 bits per heavy atom. The number of carbonyl (C=O) groups is 1. The molecule has 3 aliphatic rings. The minimum absolute atomic E-state index is 0.676. The van der Waals surface area contributed by atoms with Crippen LogP contribution in [0.25, 0.3) is 0 Å². The molecular weight excluding hydrogens is 525 g/mol. The molecule has 3 rings (SSSR count). The Morgan fingerprint density at radius 1 is 0.895 bits per heavy atom. The molecule has 17 heteroatoms. The van der Waals surface area contributed by atoms with Gasteiger partial charge in [-0.25, -0.2) is 0 Å². The van der Waals surface area contributed by atoms with Gasteiger partial charge in [-0.15, -0.1) is 0 Å². The van der Waals surface area contributed by atoms with Gasteiger partial charge in [0.15, 0.2) is 25.0 Å². The van der Waals surface area contributed by atoms with Gasteiger partial charge in [-0.05, 0) is 18.4 Å². The van der Waals surface area contributed by atoms with Crippen molar-refractivity contribution in [3.63, 3.8) is 0 Å². The molecule has 0 spiro atoms. The summed E-state index contributed by atoms with van der Waals surface area (Å²) in [5.74, 6) is -0.676. The van der Waals surface area contributed by atoms with Crippen LogP contribution in [-0.2, 0) is 33.4 Å².